The summed E-state index contributed by atoms with van der Waals surface area (Å²) in [5.74, 6) is -0.237. The summed E-state index contributed by atoms with van der Waals surface area (Å²) in [6.45, 7) is 1.54. The number of amides is 1. The van der Waals surface area contributed by atoms with Crippen LogP contribution in [0.25, 0.3) is 0 Å². The minimum atomic E-state index is -3.57. The molecule has 33 heavy (non-hydrogen) atoms. The number of nitrogens with zero attached hydrogens (tertiary/aromatic N) is 2. The number of carbonyl (C=O) groups is 1. The first-order valence-electron chi connectivity index (χ1n) is 11.3. The maximum atomic E-state index is 13.1. The van der Waals surface area contributed by atoms with Crippen molar-refractivity contribution in [2.24, 2.45) is 0 Å². The summed E-state index contributed by atoms with van der Waals surface area (Å²) in [5.41, 5.74) is 1.91. The fourth-order valence-corrected chi connectivity index (χ4v) is 7.30. The maximum Gasteiger partial charge on any atom is 0.258 e. The van der Waals surface area contributed by atoms with Crippen LogP contribution in [-0.4, -0.2) is 52.7 Å². The molecule has 2 fully saturated rings. The van der Waals surface area contributed by atoms with Gasteiger partial charge in [0.2, 0.25) is 20.0 Å². The van der Waals surface area contributed by atoms with Gasteiger partial charge in [-0.3, -0.25) is 4.79 Å². The van der Waals surface area contributed by atoms with Crippen molar-refractivity contribution >= 4 is 31.6 Å². The predicted molar refractivity (Wildman–Crippen MR) is 124 cm³/mol. The first-order chi connectivity index (χ1) is 15.8. The van der Waals surface area contributed by atoms with Gasteiger partial charge in [0.25, 0.3) is 5.91 Å². The van der Waals surface area contributed by atoms with Crippen LogP contribution in [0, 0.1) is 0 Å². The largest absolute Gasteiger partial charge is 0.308 e. The number of anilines is 1. The molecule has 8 nitrogen and oxygen atoms in total. The summed E-state index contributed by atoms with van der Waals surface area (Å²) >= 11 is 0. The lowest BCUT2D eigenvalue weighted by molar-refractivity contribution is 0.0989. The van der Waals surface area contributed by atoms with Crippen molar-refractivity contribution in [3.8, 4) is 0 Å². The molecule has 1 N–H and O–H groups in total. The van der Waals surface area contributed by atoms with Crippen molar-refractivity contribution < 1.29 is 21.6 Å². The monoisotopic (exact) mass is 489 g/mol. The van der Waals surface area contributed by atoms with E-state index in [1.54, 1.807) is 27.4 Å². The number of piperidine rings is 1. The van der Waals surface area contributed by atoms with E-state index in [2.05, 4.69) is 4.72 Å². The van der Waals surface area contributed by atoms with Gasteiger partial charge in [0.15, 0.2) is 0 Å². The van der Waals surface area contributed by atoms with Gasteiger partial charge in [0, 0.05) is 36.9 Å². The molecule has 10 heteroatoms. The lowest BCUT2D eigenvalue weighted by atomic mass is 10.1. The summed E-state index contributed by atoms with van der Waals surface area (Å²) in [4.78, 5) is 15.2. The minimum absolute atomic E-state index is 0.0148. The molecule has 0 atom stereocenters. The highest BCUT2D eigenvalue weighted by atomic mass is 32.2. The van der Waals surface area contributed by atoms with Crippen LogP contribution in [0.2, 0.25) is 0 Å². The van der Waals surface area contributed by atoms with Crippen molar-refractivity contribution in [3.05, 3.63) is 53.6 Å². The third-order valence-electron chi connectivity index (χ3n) is 6.46. The predicted octanol–water partition coefficient (Wildman–Crippen LogP) is 2.50. The second kappa shape index (κ2) is 8.50. The van der Waals surface area contributed by atoms with Gasteiger partial charge in [-0.25, -0.2) is 21.6 Å². The summed E-state index contributed by atoms with van der Waals surface area (Å²) in [6.07, 6.45) is 5.09. The van der Waals surface area contributed by atoms with Gasteiger partial charge in [0.1, 0.15) is 0 Å². The second-order valence-electron chi connectivity index (χ2n) is 8.88. The molecule has 0 radical (unpaired) electrons. The highest BCUT2D eigenvalue weighted by Crippen LogP contribution is 2.33. The zero-order valence-corrected chi connectivity index (χ0v) is 19.9. The van der Waals surface area contributed by atoms with Crippen LogP contribution in [0.1, 0.15) is 48.0 Å². The summed E-state index contributed by atoms with van der Waals surface area (Å²) in [6, 6.07) is 10.9. The first kappa shape index (κ1) is 22.5. The normalized spacial score (nSPS) is 19.5. The Labute approximate surface area is 194 Å². The van der Waals surface area contributed by atoms with E-state index < -0.39 is 20.0 Å². The van der Waals surface area contributed by atoms with E-state index in [0.717, 1.165) is 37.7 Å². The molecule has 176 valence electrons. The number of rotatable bonds is 6. The van der Waals surface area contributed by atoms with Gasteiger partial charge in [-0.05, 0) is 80.1 Å². The van der Waals surface area contributed by atoms with Crippen LogP contribution in [0.4, 0.5) is 5.69 Å². The Bertz CT molecular complexity index is 1280. The Hall–Kier alpha value is -2.27. The molecular weight excluding hydrogens is 462 g/mol. The molecule has 0 spiro atoms. The van der Waals surface area contributed by atoms with E-state index in [1.807, 2.05) is 0 Å². The first-order valence-corrected chi connectivity index (χ1v) is 14.3. The van der Waals surface area contributed by atoms with E-state index in [-0.39, 0.29) is 21.7 Å². The van der Waals surface area contributed by atoms with E-state index in [9.17, 15) is 21.6 Å². The molecule has 0 unspecified atom stereocenters. The number of nitrogens with one attached hydrogen (secondary N) is 1. The average molecular weight is 490 g/mol. The van der Waals surface area contributed by atoms with Crippen LogP contribution in [0.3, 0.4) is 0 Å². The molecule has 0 bridgehead atoms. The van der Waals surface area contributed by atoms with Crippen molar-refractivity contribution in [1.29, 1.82) is 0 Å². The number of hydrogen-bond donors (Lipinski definition) is 1. The van der Waals surface area contributed by atoms with Crippen LogP contribution in [-0.2, 0) is 26.5 Å². The van der Waals surface area contributed by atoms with Crippen molar-refractivity contribution in [1.82, 2.24) is 9.03 Å². The zero-order chi connectivity index (χ0) is 23.2. The molecule has 2 heterocycles. The number of hydrogen-bond acceptors (Lipinski definition) is 5. The van der Waals surface area contributed by atoms with Crippen LogP contribution >= 0.6 is 0 Å². The lowest BCUT2D eigenvalue weighted by Crippen LogP contribution is -2.35. The van der Waals surface area contributed by atoms with Crippen molar-refractivity contribution in [2.75, 3.05) is 24.5 Å². The fraction of sp³-hybridized carbons (Fsp3) is 0.435. The van der Waals surface area contributed by atoms with Crippen molar-refractivity contribution in [2.45, 2.75) is 54.4 Å². The van der Waals surface area contributed by atoms with Gasteiger partial charge < -0.3 is 4.90 Å². The third kappa shape index (κ3) is 4.44. The van der Waals surface area contributed by atoms with Gasteiger partial charge >= 0.3 is 0 Å². The number of fused-ring (bicyclic) bond motifs is 1. The molecule has 5 rings (SSSR count). The van der Waals surface area contributed by atoms with Crippen LogP contribution < -0.4 is 9.62 Å². The molecule has 1 saturated carbocycles. The highest BCUT2D eigenvalue weighted by Gasteiger charge is 2.31. The smallest absolute Gasteiger partial charge is 0.258 e. The molecule has 1 saturated heterocycles. The lowest BCUT2D eigenvalue weighted by Gasteiger charge is -2.26. The molecule has 2 aliphatic heterocycles. The van der Waals surface area contributed by atoms with E-state index in [1.165, 1.54) is 24.3 Å². The minimum Gasteiger partial charge on any atom is -0.308 e. The Morgan fingerprint density at radius 2 is 1.52 bits per heavy atom. The molecule has 3 aliphatic rings. The molecule has 1 amide bonds. The number of benzene rings is 2. The van der Waals surface area contributed by atoms with E-state index >= 15 is 0 Å². The summed E-state index contributed by atoms with van der Waals surface area (Å²) in [7, 11) is -7.10. The standard InChI is InChI=1S/C23H27N3O5S2/c27-23(17-4-8-20(9-5-17)32(28,29)24-19-6-7-19)26-15-12-18-16-21(10-11-22(18)26)33(30,31)25-13-2-1-3-14-25/h4-5,8-11,16,19,24H,1-3,6-7,12-15H2. The second-order valence-corrected chi connectivity index (χ2v) is 12.5. The van der Waals surface area contributed by atoms with Gasteiger partial charge in [0.05, 0.1) is 9.79 Å². The van der Waals surface area contributed by atoms with Crippen molar-refractivity contribution in [3.63, 3.8) is 0 Å². The third-order valence-corrected chi connectivity index (χ3v) is 9.89. The Balaban J connectivity index is 1.34. The zero-order valence-electron chi connectivity index (χ0n) is 18.2. The SMILES string of the molecule is O=C(c1ccc(S(=O)(=O)NC2CC2)cc1)N1CCc2cc(S(=O)(=O)N3CCCCC3)ccc21. The Kier molecular flexibility index (Phi) is 5.80. The Morgan fingerprint density at radius 1 is 0.848 bits per heavy atom. The van der Waals surface area contributed by atoms with E-state index in [0.29, 0.717) is 37.3 Å². The summed E-state index contributed by atoms with van der Waals surface area (Å²) < 4.78 is 54.9. The van der Waals surface area contributed by atoms with Gasteiger partial charge in [-0.15, -0.1) is 0 Å². The molecule has 2 aromatic rings. The van der Waals surface area contributed by atoms with Gasteiger partial charge in [-0.2, -0.15) is 4.31 Å². The Morgan fingerprint density at radius 3 is 2.18 bits per heavy atom. The average Bonchev–Trinajstić information content (AvgIpc) is 3.53. The fourth-order valence-electron chi connectivity index (χ4n) is 4.43. The topological polar surface area (TPSA) is 104 Å². The van der Waals surface area contributed by atoms with E-state index in [4.69, 9.17) is 0 Å². The summed E-state index contributed by atoms with van der Waals surface area (Å²) in [5, 5.41) is 0. The molecule has 1 aliphatic carbocycles. The molecule has 0 aromatic heterocycles. The molecule has 2 aromatic carbocycles. The number of carbonyl (C=O) groups excluding carboxylic acids is 1. The maximum absolute atomic E-state index is 13.1. The number of sulfonamides is 2. The highest BCUT2D eigenvalue weighted by molar-refractivity contribution is 7.89. The molecular formula is C23H27N3O5S2. The van der Waals surface area contributed by atoms with Crippen LogP contribution in [0.15, 0.2) is 52.3 Å². The van der Waals surface area contributed by atoms with Gasteiger partial charge in [-0.1, -0.05) is 6.42 Å². The van der Waals surface area contributed by atoms with Crippen LogP contribution in [0.5, 0.6) is 0 Å². The quantitative estimate of drug-likeness (QED) is 0.672.